The highest BCUT2D eigenvalue weighted by atomic mass is 31.2. The van der Waals surface area contributed by atoms with E-state index in [0.717, 1.165) is 11.1 Å². The zero-order valence-corrected chi connectivity index (χ0v) is 25.0. The smallest absolute Gasteiger partial charge is 0.407 e. The highest BCUT2D eigenvalue weighted by molar-refractivity contribution is 7.53. The van der Waals surface area contributed by atoms with Crippen LogP contribution in [0.4, 0.5) is 4.79 Å². The van der Waals surface area contributed by atoms with E-state index >= 15 is 0 Å². The molecule has 0 aliphatic carbocycles. The number of hydrogen-bond donors (Lipinski definition) is 5. The van der Waals surface area contributed by atoms with E-state index in [1.165, 1.54) is 12.1 Å². The second kappa shape index (κ2) is 16.0. The van der Waals surface area contributed by atoms with Gasteiger partial charge in [-0.2, -0.15) is 0 Å². The third kappa shape index (κ3) is 10.3. The van der Waals surface area contributed by atoms with E-state index in [9.17, 15) is 28.9 Å². The van der Waals surface area contributed by atoms with E-state index in [1.807, 2.05) is 36.4 Å². The van der Waals surface area contributed by atoms with Crippen LogP contribution < -0.4 is 16.4 Å². The van der Waals surface area contributed by atoms with E-state index in [0.29, 0.717) is 5.56 Å². The number of amides is 2. The number of carboxylic acid groups (broad SMARTS) is 1. The molecule has 2 amide bonds. The molecule has 0 spiro atoms. The van der Waals surface area contributed by atoms with Crippen molar-refractivity contribution in [2.24, 2.45) is 11.7 Å². The zero-order chi connectivity index (χ0) is 31.4. The number of carbonyl (C=O) groups is 3. The van der Waals surface area contributed by atoms with Crippen molar-refractivity contribution < 1.29 is 38.2 Å². The second-order valence-corrected chi connectivity index (χ2v) is 12.2. The highest BCUT2D eigenvalue weighted by Crippen LogP contribution is 2.53. The molecule has 0 bridgehead atoms. The Labute approximate surface area is 250 Å². The van der Waals surface area contributed by atoms with Crippen molar-refractivity contribution in [2.45, 2.75) is 57.8 Å². The summed E-state index contributed by atoms with van der Waals surface area (Å²) in [6.45, 7) is 3.44. The van der Waals surface area contributed by atoms with Gasteiger partial charge in [0.1, 0.15) is 12.4 Å². The van der Waals surface area contributed by atoms with Gasteiger partial charge in [-0.3, -0.25) is 13.9 Å². The van der Waals surface area contributed by atoms with Gasteiger partial charge in [-0.25, -0.2) is 9.59 Å². The average molecular weight is 612 g/mol. The summed E-state index contributed by atoms with van der Waals surface area (Å²) in [6.07, 6.45) is -2.39. The third-order valence-electron chi connectivity index (χ3n) is 6.63. The molecule has 0 aliphatic rings. The molecule has 3 rings (SSSR count). The second-order valence-electron chi connectivity index (χ2n) is 10.3. The largest absolute Gasteiger partial charge is 0.479 e. The van der Waals surface area contributed by atoms with Crippen LogP contribution in [0.3, 0.4) is 0 Å². The standard InChI is InChI=1S/C31H38N3O8P/c1-21(2)29(43(39,40)42-28(30(36)37)25-15-9-12-23(18-25)19-32)34-27(35)17-16-26(24-13-7-4-8-14-24)33-31(38)41-20-22-10-5-3-6-11-22/h3-15,18,21,26,28-29H,16-17,19-20,32H2,1-2H3,(H,33,38)(H,34,35)(H,36,37)(H,39,40). The molecule has 0 aromatic heterocycles. The summed E-state index contributed by atoms with van der Waals surface area (Å²) in [5.41, 5.74) is 7.98. The van der Waals surface area contributed by atoms with Crippen LogP contribution in [-0.4, -0.2) is 33.8 Å². The molecule has 0 fully saturated rings. The average Bonchev–Trinajstić information content (AvgIpc) is 3.00. The van der Waals surface area contributed by atoms with Crippen LogP contribution in [0.1, 0.15) is 61.1 Å². The summed E-state index contributed by atoms with van der Waals surface area (Å²) in [5, 5.41) is 15.1. The summed E-state index contributed by atoms with van der Waals surface area (Å²) in [4.78, 5) is 48.5. The Morgan fingerprint density at radius 1 is 0.884 bits per heavy atom. The number of ether oxygens (including phenoxy) is 1. The molecule has 0 heterocycles. The third-order valence-corrected chi connectivity index (χ3v) is 8.57. The fourth-order valence-corrected chi connectivity index (χ4v) is 6.11. The van der Waals surface area contributed by atoms with Gasteiger partial charge in [0.15, 0.2) is 6.10 Å². The first-order chi connectivity index (χ1) is 20.5. The van der Waals surface area contributed by atoms with Crippen LogP contribution in [0.15, 0.2) is 84.9 Å². The summed E-state index contributed by atoms with van der Waals surface area (Å²) < 4.78 is 24.0. The molecule has 11 nitrogen and oxygen atoms in total. The van der Waals surface area contributed by atoms with Gasteiger partial charge >= 0.3 is 19.7 Å². The van der Waals surface area contributed by atoms with Gasteiger partial charge in [0.25, 0.3) is 0 Å². The highest BCUT2D eigenvalue weighted by Gasteiger charge is 2.41. The van der Waals surface area contributed by atoms with Gasteiger partial charge in [0.05, 0.1) is 6.04 Å². The van der Waals surface area contributed by atoms with Gasteiger partial charge in [-0.15, -0.1) is 0 Å². The Hall–Kier alpha value is -4.02. The van der Waals surface area contributed by atoms with E-state index in [4.69, 9.17) is 15.0 Å². The molecule has 0 radical (unpaired) electrons. The number of carboxylic acids is 1. The molecule has 4 atom stereocenters. The Balaban J connectivity index is 1.67. The first kappa shape index (κ1) is 33.5. The molecule has 12 heteroatoms. The van der Waals surface area contributed by atoms with Crippen molar-refractivity contribution in [1.29, 1.82) is 0 Å². The van der Waals surface area contributed by atoms with Crippen molar-refractivity contribution in [2.75, 3.05) is 0 Å². The van der Waals surface area contributed by atoms with E-state index < -0.39 is 49.4 Å². The topological polar surface area (TPSA) is 177 Å². The number of benzene rings is 3. The first-order valence-corrected chi connectivity index (χ1v) is 15.5. The normalized spacial score (nSPS) is 14.6. The maximum atomic E-state index is 13.4. The molecule has 6 N–H and O–H groups in total. The Morgan fingerprint density at radius 2 is 1.49 bits per heavy atom. The van der Waals surface area contributed by atoms with E-state index in [2.05, 4.69) is 10.6 Å². The minimum absolute atomic E-state index is 0.0738. The van der Waals surface area contributed by atoms with Crippen LogP contribution in [0.5, 0.6) is 0 Å². The van der Waals surface area contributed by atoms with Crippen molar-refractivity contribution in [3.63, 3.8) is 0 Å². The molecule has 0 saturated carbocycles. The maximum Gasteiger partial charge on any atom is 0.407 e. The number of carbonyl (C=O) groups excluding carboxylic acids is 2. The number of alkyl carbamates (subject to hydrolysis) is 1. The van der Waals surface area contributed by atoms with Gasteiger partial charge in [0.2, 0.25) is 5.91 Å². The number of nitrogens with one attached hydrogen (secondary N) is 2. The Kier molecular flexibility index (Phi) is 12.5. The van der Waals surface area contributed by atoms with Gasteiger partial charge in [-0.1, -0.05) is 98.8 Å². The van der Waals surface area contributed by atoms with E-state index in [-0.39, 0.29) is 31.6 Å². The van der Waals surface area contributed by atoms with Crippen LogP contribution in [0.25, 0.3) is 0 Å². The van der Waals surface area contributed by atoms with E-state index in [1.54, 1.807) is 50.2 Å². The van der Waals surface area contributed by atoms with Gasteiger partial charge in [0, 0.05) is 13.0 Å². The van der Waals surface area contributed by atoms with Crippen molar-refractivity contribution in [3.05, 3.63) is 107 Å². The summed E-state index contributed by atoms with van der Waals surface area (Å²) in [5.74, 6) is -4.01. The summed E-state index contributed by atoms with van der Waals surface area (Å²) >= 11 is 0. The summed E-state index contributed by atoms with van der Waals surface area (Å²) in [6, 6.07) is 23.9. The lowest BCUT2D eigenvalue weighted by atomic mass is 10.0. The van der Waals surface area contributed by atoms with Crippen LogP contribution in [0, 0.1) is 5.92 Å². The number of aliphatic carboxylic acids is 1. The molecule has 0 saturated heterocycles. The summed E-state index contributed by atoms with van der Waals surface area (Å²) in [7, 11) is -4.71. The lowest BCUT2D eigenvalue weighted by molar-refractivity contribution is -0.145. The number of nitrogens with two attached hydrogens (primary N) is 1. The Bertz CT molecular complexity index is 1400. The quantitative estimate of drug-likeness (QED) is 0.148. The monoisotopic (exact) mass is 611 g/mol. The molecule has 230 valence electrons. The van der Waals surface area contributed by atoms with Crippen molar-refractivity contribution in [1.82, 2.24) is 10.6 Å². The van der Waals surface area contributed by atoms with Gasteiger partial charge < -0.3 is 31.1 Å². The molecule has 43 heavy (non-hydrogen) atoms. The predicted octanol–water partition coefficient (Wildman–Crippen LogP) is 5.02. The molecular weight excluding hydrogens is 573 g/mol. The SMILES string of the molecule is CC(C)C(NC(=O)CCC(NC(=O)OCc1ccccc1)c1ccccc1)P(=O)(O)OC(C(=O)O)c1cccc(CN)c1. The number of rotatable bonds is 15. The lowest BCUT2D eigenvalue weighted by Crippen LogP contribution is -2.40. The molecule has 3 aromatic carbocycles. The van der Waals surface area contributed by atoms with Crippen LogP contribution in [-0.2, 0) is 36.6 Å². The molecule has 0 aliphatic heterocycles. The lowest BCUT2D eigenvalue weighted by Gasteiger charge is -2.29. The minimum atomic E-state index is -4.71. The maximum absolute atomic E-state index is 13.4. The van der Waals surface area contributed by atoms with Crippen LogP contribution >= 0.6 is 7.60 Å². The van der Waals surface area contributed by atoms with Crippen molar-refractivity contribution >= 4 is 25.6 Å². The zero-order valence-electron chi connectivity index (χ0n) is 24.1. The Morgan fingerprint density at radius 3 is 2.09 bits per heavy atom. The molecule has 4 unspecified atom stereocenters. The first-order valence-electron chi connectivity index (χ1n) is 13.8. The molecule has 3 aromatic rings. The van der Waals surface area contributed by atoms with Gasteiger partial charge in [-0.05, 0) is 34.6 Å². The molecular formula is C31H38N3O8P. The van der Waals surface area contributed by atoms with Crippen LogP contribution in [0.2, 0.25) is 0 Å². The fourth-order valence-electron chi connectivity index (χ4n) is 4.40. The predicted molar refractivity (Wildman–Crippen MR) is 161 cm³/mol. The van der Waals surface area contributed by atoms with Crippen molar-refractivity contribution in [3.8, 4) is 0 Å². The minimum Gasteiger partial charge on any atom is -0.479 e. The fraction of sp³-hybridized carbons (Fsp3) is 0.323. The number of hydrogen-bond acceptors (Lipinski definition) is 7.